The van der Waals surface area contributed by atoms with E-state index in [0.29, 0.717) is 11.7 Å². The monoisotopic (exact) mass is 272 g/mol. The molecule has 1 amide bonds. The van der Waals surface area contributed by atoms with Gasteiger partial charge in [0.2, 0.25) is 5.91 Å². The van der Waals surface area contributed by atoms with Crippen LogP contribution in [0, 0.1) is 0 Å². The predicted octanol–water partition coefficient (Wildman–Crippen LogP) is 0.644. The highest BCUT2D eigenvalue weighted by Crippen LogP contribution is 2.38. The maximum atomic E-state index is 11.9. The Balaban J connectivity index is 1.63. The molecule has 7 nitrogen and oxygen atoms in total. The Bertz CT molecular complexity index is 677. The number of anilines is 1. The molecular formula is C13H16N6O. The van der Waals surface area contributed by atoms with Crippen LogP contribution < -0.4 is 5.32 Å². The van der Waals surface area contributed by atoms with E-state index in [-0.39, 0.29) is 11.9 Å². The van der Waals surface area contributed by atoms with Crippen molar-refractivity contribution >= 4 is 17.4 Å². The predicted molar refractivity (Wildman–Crippen MR) is 72.4 cm³/mol. The molecule has 20 heavy (non-hydrogen) atoms. The average molecular weight is 272 g/mol. The molecule has 2 aromatic rings. The largest absolute Gasteiger partial charge is 0.357 e. The fraction of sp³-hybridized carbons (Fsp3) is 0.538. The van der Waals surface area contributed by atoms with Crippen LogP contribution in [-0.4, -0.2) is 50.3 Å². The number of carbonyl (C=O) groups excluding carboxylic acids is 1. The summed E-state index contributed by atoms with van der Waals surface area (Å²) in [7, 11) is 1.83. The number of carbonyl (C=O) groups is 1. The van der Waals surface area contributed by atoms with Crippen LogP contribution in [0.2, 0.25) is 0 Å². The second-order valence-corrected chi connectivity index (χ2v) is 5.57. The molecule has 1 atom stereocenters. The zero-order valence-corrected chi connectivity index (χ0v) is 11.3. The van der Waals surface area contributed by atoms with Crippen molar-refractivity contribution in [3.8, 4) is 0 Å². The number of aromatic nitrogens is 4. The smallest absolute Gasteiger partial charge is 0.244 e. The molecule has 1 unspecified atom stereocenters. The summed E-state index contributed by atoms with van der Waals surface area (Å²) in [4.78, 5) is 13.7. The number of nitrogens with zero attached hydrogens (tertiary/aromatic N) is 5. The van der Waals surface area contributed by atoms with Crippen molar-refractivity contribution in [2.24, 2.45) is 0 Å². The number of fused-ring (bicyclic) bond motifs is 1. The molecule has 1 saturated carbocycles. The van der Waals surface area contributed by atoms with Gasteiger partial charge in [0.15, 0.2) is 11.5 Å². The summed E-state index contributed by atoms with van der Waals surface area (Å²) in [5, 5.41) is 16.1. The molecule has 2 aromatic heterocycles. The number of likely N-dealkylation sites (tertiary alicyclic amines) is 1. The number of amides is 1. The van der Waals surface area contributed by atoms with Crippen molar-refractivity contribution in [3.63, 3.8) is 0 Å². The zero-order chi connectivity index (χ0) is 13.7. The molecule has 104 valence electrons. The molecule has 0 aromatic carbocycles. The number of hydrogen-bond acceptors (Lipinski definition) is 5. The Morgan fingerprint density at radius 3 is 2.80 bits per heavy atom. The van der Waals surface area contributed by atoms with E-state index >= 15 is 0 Å². The van der Waals surface area contributed by atoms with Crippen molar-refractivity contribution in [1.82, 2.24) is 24.7 Å². The Morgan fingerprint density at radius 2 is 2.10 bits per heavy atom. The molecule has 4 rings (SSSR count). The van der Waals surface area contributed by atoms with E-state index in [9.17, 15) is 4.79 Å². The van der Waals surface area contributed by atoms with Crippen LogP contribution in [0.4, 0.5) is 5.82 Å². The molecule has 2 aliphatic rings. The Kier molecular flexibility index (Phi) is 2.42. The van der Waals surface area contributed by atoms with Gasteiger partial charge in [0.05, 0.1) is 0 Å². The summed E-state index contributed by atoms with van der Waals surface area (Å²) in [6.07, 6.45) is 3.13. The third kappa shape index (κ3) is 1.81. The van der Waals surface area contributed by atoms with Crippen molar-refractivity contribution in [2.75, 3.05) is 18.9 Å². The molecule has 2 fully saturated rings. The summed E-state index contributed by atoms with van der Waals surface area (Å²) in [6.45, 7) is 0.790. The first-order valence-corrected chi connectivity index (χ1v) is 6.96. The summed E-state index contributed by atoms with van der Waals surface area (Å²) in [6, 6.07) is 3.56. The second kappa shape index (κ2) is 4.16. The Hall–Kier alpha value is -2.18. The third-order valence-electron chi connectivity index (χ3n) is 3.98. The summed E-state index contributed by atoms with van der Waals surface area (Å²) < 4.78 is 1.79. The van der Waals surface area contributed by atoms with Gasteiger partial charge in [0, 0.05) is 19.5 Å². The first-order chi connectivity index (χ1) is 9.72. The molecule has 1 aliphatic carbocycles. The van der Waals surface area contributed by atoms with E-state index in [1.165, 1.54) is 0 Å². The topological polar surface area (TPSA) is 75.4 Å². The van der Waals surface area contributed by atoms with Crippen LogP contribution in [0.1, 0.15) is 31.0 Å². The molecule has 0 spiro atoms. The van der Waals surface area contributed by atoms with Gasteiger partial charge >= 0.3 is 0 Å². The minimum atomic E-state index is -0.175. The van der Waals surface area contributed by atoms with E-state index < -0.39 is 0 Å². The van der Waals surface area contributed by atoms with Gasteiger partial charge < -0.3 is 10.2 Å². The van der Waals surface area contributed by atoms with Crippen LogP contribution in [0.25, 0.3) is 5.65 Å². The molecule has 1 aliphatic heterocycles. The lowest BCUT2D eigenvalue weighted by Crippen LogP contribution is -2.31. The molecular weight excluding hydrogens is 256 g/mol. The maximum absolute atomic E-state index is 11.9. The van der Waals surface area contributed by atoms with E-state index in [1.807, 2.05) is 19.2 Å². The molecule has 1 saturated heterocycles. The first kappa shape index (κ1) is 11.6. The number of hydrogen-bond donors (Lipinski definition) is 1. The van der Waals surface area contributed by atoms with Gasteiger partial charge in [-0.3, -0.25) is 4.79 Å². The number of nitrogens with one attached hydrogen (secondary N) is 1. The Labute approximate surface area is 116 Å². The average Bonchev–Trinajstić information content (AvgIpc) is 3.14. The minimum absolute atomic E-state index is 0.123. The fourth-order valence-electron chi connectivity index (χ4n) is 2.61. The number of likely N-dealkylation sites (N-methyl/N-ethyl adjacent to an activating group) is 1. The van der Waals surface area contributed by atoms with E-state index in [4.69, 9.17) is 0 Å². The van der Waals surface area contributed by atoms with Crippen molar-refractivity contribution in [3.05, 3.63) is 18.0 Å². The van der Waals surface area contributed by atoms with Crippen LogP contribution in [0.3, 0.4) is 0 Å². The van der Waals surface area contributed by atoms with Crippen molar-refractivity contribution in [1.29, 1.82) is 0 Å². The SMILES string of the molecule is CN1CCC(Nc2ccc3nnc(C4CC4)n3n2)C1=O. The molecule has 3 heterocycles. The summed E-state index contributed by atoms with van der Waals surface area (Å²) in [5.74, 6) is 2.25. The Morgan fingerprint density at radius 1 is 1.25 bits per heavy atom. The lowest BCUT2D eigenvalue weighted by atomic mass is 10.2. The second-order valence-electron chi connectivity index (χ2n) is 5.57. The molecule has 7 heteroatoms. The summed E-state index contributed by atoms with van der Waals surface area (Å²) >= 11 is 0. The highest BCUT2D eigenvalue weighted by molar-refractivity contribution is 5.86. The highest BCUT2D eigenvalue weighted by Gasteiger charge is 2.31. The third-order valence-corrected chi connectivity index (χ3v) is 3.98. The first-order valence-electron chi connectivity index (χ1n) is 6.96. The maximum Gasteiger partial charge on any atom is 0.244 e. The molecule has 1 N–H and O–H groups in total. The summed E-state index contributed by atoms with van der Waals surface area (Å²) in [5.41, 5.74) is 0.757. The normalized spacial score (nSPS) is 22.8. The molecule has 0 bridgehead atoms. The van der Waals surface area contributed by atoms with Crippen molar-refractivity contribution in [2.45, 2.75) is 31.2 Å². The lowest BCUT2D eigenvalue weighted by molar-refractivity contribution is -0.127. The van der Waals surface area contributed by atoms with Gasteiger partial charge in [-0.15, -0.1) is 15.3 Å². The highest BCUT2D eigenvalue weighted by atomic mass is 16.2. The number of rotatable bonds is 3. The van der Waals surface area contributed by atoms with Gasteiger partial charge in [-0.05, 0) is 31.4 Å². The van der Waals surface area contributed by atoms with Crippen molar-refractivity contribution < 1.29 is 4.79 Å². The van der Waals surface area contributed by atoms with Crippen LogP contribution in [-0.2, 0) is 4.79 Å². The van der Waals surface area contributed by atoms with E-state index in [1.54, 1.807) is 9.42 Å². The van der Waals surface area contributed by atoms with Gasteiger partial charge in [0.25, 0.3) is 0 Å². The van der Waals surface area contributed by atoms with Gasteiger partial charge in [-0.25, -0.2) is 0 Å². The van der Waals surface area contributed by atoms with Crippen LogP contribution in [0.15, 0.2) is 12.1 Å². The van der Waals surface area contributed by atoms with Gasteiger partial charge in [-0.2, -0.15) is 4.52 Å². The lowest BCUT2D eigenvalue weighted by Gasteiger charge is -2.12. The fourth-order valence-corrected chi connectivity index (χ4v) is 2.61. The van der Waals surface area contributed by atoms with Gasteiger partial charge in [0.1, 0.15) is 11.9 Å². The van der Waals surface area contributed by atoms with Crippen LogP contribution >= 0.6 is 0 Å². The van der Waals surface area contributed by atoms with Crippen LogP contribution in [0.5, 0.6) is 0 Å². The van der Waals surface area contributed by atoms with Gasteiger partial charge in [-0.1, -0.05) is 0 Å². The minimum Gasteiger partial charge on any atom is -0.357 e. The van der Waals surface area contributed by atoms with E-state index in [2.05, 4.69) is 20.6 Å². The quantitative estimate of drug-likeness (QED) is 0.887. The van der Waals surface area contributed by atoms with E-state index in [0.717, 1.165) is 37.3 Å². The molecule has 0 radical (unpaired) electrons. The zero-order valence-electron chi connectivity index (χ0n) is 11.3. The standard InChI is InChI=1S/C13H16N6O/c1-18-7-6-9(13(18)20)14-10-4-5-11-15-16-12(8-2-3-8)19(11)17-10/h4-5,8-9H,2-3,6-7H2,1H3,(H,14,17).